The van der Waals surface area contributed by atoms with E-state index < -0.39 is 0 Å². The summed E-state index contributed by atoms with van der Waals surface area (Å²) >= 11 is 0. The Kier molecular flexibility index (Phi) is 7.55. The van der Waals surface area contributed by atoms with Crippen molar-refractivity contribution in [3.8, 4) is 39.1 Å². The van der Waals surface area contributed by atoms with Crippen molar-refractivity contribution in [3.05, 3.63) is 217 Å². The van der Waals surface area contributed by atoms with Crippen molar-refractivity contribution in [2.45, 2.75) is 19.3 Å². The van der Waals surface area contributed by atoms with Crippen LogP contribution in [-0.2, 0) is 5.41 Å². The molecule has 0 aliphatic heterocycles. The lowest BCUT2D eigenvalue weighted by atomic mass is 9.82. The molecule has 9 aromatic carbocycles. The third-order valence-corrected chi connectivity index (χ3v) is 12.2. The van der Waals surface area contributed by atoms with Crippen molar-refractivity contribution in [1.82, 2.24) is 4.57 Å². The van der Waals surface area contributed by atoms with E-state index in [4.69, 9.17) is 0 Å². The third kappa shape index (κ3) is 5.18. The Morgan fingerprint density at radius 1 is 0.404 bits per heavy atom. The molecular formula is C55H40N2. The zero-order chi connectivity index (χ0) is 38.1. The van der Waals surface area contributed by atoms with Crippen molar-refractivity contribution in [1.29, 1.82) is 0 Å². The maximum atomic E-state index is 2.48. The fourth-order valence-corrected chi connectivity index (χ4v) is 9.51. The summed E-state index contributed by atoms with van der Waals surface area (Å²) in [6.07, 6.45) is 0. The summed E-state index contributed by atoms with van der Waals surface area (Å²) in [7, 11) is 0. The number of fused-ring (bicyclic) bond motifs is 7. The molecule has 0 amide bonds. The molecule has 1 aliphatic rings. The van der Waals surface area contributed by atoms with Gasteiger partial charge < -0.3 is 9.47 Å². The Labute approximate surface area is 333 Å². The van der Waals surface area contributed by atoms with Crippen LogP contribution in [0, 0.1) is 0 Å². The van der Waals surface area contributed by atoms with Crippen LogP contribution in [0.1, 0.15) is 25.0 Å². The van der Waals surface area contributed by atoms with Gasteiger partial charge in [0.1, 0.15) is 0 Å². The predicted molar refractivity (Wildman–Crippen MR) is 241 cm³/mol. The first-order valence-electron chi connectivity index (χ1n) is 19.9. The highest BCUT2D eigenvalue weighted by atomic mass is 15.1. The minimum Gasteiger partial charge on any atom is -0.309 e. The van der Waals surface area contributed by atoms with Crippen LogP contribution < -0.4 is 4.90 Å². The maximum Gasteiger partial charge on any atom is 0.0543 e. The number of benzene rings is 9. The number of nitrogens with zero attached hydrogens (tertiary/aromatic N) is 2. The molecule has 0 radical (unpaired) electrons. The number of hydrogen-bond donors (Lipinski definition) is 0. The Morgan fingerprint density at radius 2 is 0.965 bits per heavy atom. The van der Waals surface area contributed by atoms with Gasteiger partial charge in [-0.15, -0.1) is 0 Å². The standard InChI is InChI=1S/C55H40N2/c1-55(2)48-25-12-8-24-46(48)54-49(55)26-16-30-53(54)56(50-27-13-9-21-43(50)37-17-4-3-5-18-37)40-33-31-38(32-34-40)47-36-41(35-39-19-6-7-20-42(39)47)57-51-28-14-10-22-44(51)45-23-11-15-29-52(45)57/h3-36H,1-2H3. The molecule has 1 heterocycles. The summed E-state index contributed by atoms with van der Waals surface area (Å²) < 4.78 is 2.42. The number of anilines is 3. The average molecular weight is 729 g/mol. The second-order valence-electron chi connectivity index (χ2n) is 15.7. The lowest BCUT2D eigenvalue weighted by molar-refractivity contribution is 0.660. The monoisotopic (exact) mass is 728 g/mol. The van der Waals surface area contributed by atoms with E-state index in [-0.39, 0.29) is 5.41 Å². The molecule has 0 fully saturated rings. The first kappa shape index (κ1) is 33.2. The van der Waals surface area contributed by atoms with E-state index in [1.807, 2.05) is 0 Å². The Hall–Kier alpha value is -7.16. The highest BCUT2D eigenvalue weighted by Crippen LogP contribution is 2.55. The third-order valence-electron chi connectivity index (χ3n) is 12.2. The smallest absolute Gasteiger partial charge is 0.0543 e. The number of aromatic nitrogens is 1. The summed E-state index contributed by atoms with van der Waals surface area (Å²) in [5.41, 5.74) is 17.0. The normalized spacial score (nSPS) is 12.9. The molecule has 0 saturated carbocycles. The van der Waals surface area contributed by atoms with E-state index in [1.54, 1.807) is 0 Å². The number of hydrogen-bond acceptors (Lipinski definition) is 1. The van der Waals surface area contributed by atoms with Gasteiger partial charge in [-0.05, 0) is 92.7 Å². The van der Waals surface area contributed by atoms with Gasteiger partial charge in [0.05, 0.1) is 22.4 Å². The molecule has 0 unspecified atom stereocenters. The van der Waals surface area contributed by atoms with E-state index >= 15 is 0 Å². The second-order valence-corrected chi connectivity index (χ2v) is 15.7. The molecule has 10 aromatic rings. The van der Waals surface area contributed by atoms with Crippen LogP contribution in [0.3, 0.4) is 0 Å². The lowest BCUT2D eigenvalue weighted by Crippen LogP contribution is -2.16. The number of rotatable bonds is 6. The van der Waals surface area contributed by atoms with Crippen molar-refractivity contribution in [2.75, 3.05) is 4.90 Å². The summed E-state index contributed by atoms with van der Waals surface area (Å²) in [5.74, 6) is 0. The quantitative estimate of drug-likeness (QED) is 0.165. The van der Waals surface area contributed by atoms with Crippen LogP contribution in [0.5, 0.6) is 0 Å². The average Bonchev–Trinajstić information content (AvgIpc) is 3.73. The van der Waals surface area contributed by atoms with Gasteiger partial charge in [0.2, 0.25) is 0 Å². The minimum atomic E-state index is -0.112. The van der Waals surface area contributed by atoms with Gasteiger partial charge in [-0.1, -0.05) is 172 Å². The van der Waals surface area contributed by atoms with Crippen LogP contribution in [-0.4, -0.2) is 4.57 Å². The zero-order valence-corrected chi connectivity index (χ0v) is 32.0. The van der Waals surface area contributed by atoms with Gasteiger partial charge in [0.25, 0.3) is 0 Å². The van der Waals surface area contributed by atoms with Gasteiger partial charge in [-0.3, -0.25) is 0 Å². The SMILES string of the molecule is CC1(C)c2ccccc2-c2c(N(c3ccc(-c4cc(-n5c6ccccc6c6ccccc65)cc5ccccc45)cc3)c3ccccc3-c3ccccc3)cccc21. The minimum absolute atomic E-state index is 0.112. The first-order valence-corrected chi connectivity index (χ1v) is 19.9. The summed E-state index contributed by atoms with van der Waals surface area (Å²) in [6.45, 7) is 4.71. The topological polar surface area (TPSA) is 8.17 Å². The summed E-state index contributed by atoms with van der Waals surface area (Å²) in [4.78, 5) is 2.48. The number of para-hydroxylation sites is 3. The molecule has 11 rings (SSSR count). The molecule has 2 heteroatoms. The highest BCUT2D eigenvalue weighted by molar-refractivity contribution is 6.10. The molecule has 0 spiro atoms. The molecule has 0 atom stereocenters. The summed E-state index contributed by atoms with van der Waals surface area (Å²) in [6, 6.07) is 75.6. The van der Waals surface area contributed by atoms with E-state index in [9.17, 15) is 0 Å². The van der Waals surface area contributed by atoms with Gasteiger partial charge >= 0.3 is 0 Å². The van der Waals surface area contributed by atoms with Gasteiger partial charge in [-0.2, -0.15) is 0 Å². The molecule has 1 aliphatic carbocycles. The second kappa shape index (κ2) is 13.0. The van der Waals surface area contributed by atoms with Crippen molar-refractivity contribution in [3.63, 3.8) is 0 Å². The van der Waals surface area contributed by atoms with Crippen LogP contribution in [0.15, 0.2) is 206 Å². The van der Waals surface area contributed by atoms with Gasteiger partial charge in [0.15, 0.2) is 0 Å². The molecule has 2 nitrogen and oxygen atoms in total. The first-order chi connectivity index (χ1) is 28.1. The van der Waals surface area contributed by atoms with Crippen LogP contribution in [0.4, 0.5) is 17.1 Å². The van der Waals surface area contributed by atoms with Crippen LogP contribution in [0.25, 0.3) is 71.6 Å². The van der Waals surface area contributed by atoms with E-state index in [0.29, 0.717) is 0 Å². The zero-order valence-electron chi connectivity index (χ0n) is 32.0. The van der Waals surface area contributed by atoms with E-state index in [1.165, 1.54) is 82.8 Å². The van der Waals surface area contributed by atoms with E-state index in [0.717, 1.165) is 17.1 Å². The van der Waals surface area contributed by atoms with Gasteiger partial charge in [0, 0.05) is 38.7 Å². The van der Waals surface area contributed by atoms with Crippen molar-refractivity contribution >= 4 is 49.6 Å². The van der Waals surface area contributed by atoms with Gasteiger partial charge in [-0.25, -0.2) is 0 Å². The molecule has 0 saturated heterocycles. The largest absolute Gasteiger partial charge is 0.309 e. The van der Waals surface area contributed by atoms with Crippen LogP contribution >= 0.6 is 0 Å². The summed E-state index contributed by atoms with van der Waals surface area (Å²) in [5, 5.41) is 4.99. The van der Waals surface area contributed by atoms with Crippen LogP contribution in [0.2, 0.25) is 0 Å². The Bertz CT molecular complexity index is 3100. The lowest BCUT2D eigenvalue weighted by Gasteiger charge is -2.30. The maximum absolute atomic E-state index is 2.48. The molecule has 57 heavy (non-hydrogen) atoms. The molecule has 1 aromatic heterocycles. The highest BCUT2D eigenvalue weighted by Gasteiger charge is 2.38. The van der Waals surface area contributed by atoms with Crippen molar-refractivity contribution in [2.24, 2.45) is 0 Å². The Morgan fingerprint density at radius 3 is 1.72 bits per heavy atom. The molecule has 0 N–H and O–H groups in total. The molecular weight excluding hydrogens is 689 g/mol. The van der Waals surface area contributed by atoms with E-state index in [2.05, 4.69) is 230 Å². The molecule has 270 valence electrons. The fraction of sp³-hybridized carbons (Fsp3) is 0.0545. The van der Waals surface area contributed by atoms with Crippen molar-refractivity contribution < 1.29 is 0 Å². The molecule has 0 bridgehead atoms. The predicted octanol–water partition coefficient (Wildman–Crippen LogP) is 15.0. The fourth-order valence-electron chi connectivity index (χ4n) is 9.51. The Balaban J connectivity index is 1.12.